The number of hydrogen-bond acceptors (Lipinski definition) is 7. The molecule has 0 saturated carbocycles. The maximum atomic E-state index is 13.3. The van der Waals surface area contributed by atoms with E-state index >= 15 is 0 Å². The van der Waals surface area contributed by atoms with Crippen molar-refractivity contribution >= 4 is 11.6 Å². The SMILES string of the molecule is Cc1cc(C(F)F)n(-c2cc(Nc3nn(C)c(-c4ccc(C#N)cc4)c3O)ncn2)n1. The molecule has 9 nitrogen and oxygen atoms in total. The molecule has 0 saturated heterocycles. The van der Waals surface area contributed by atoms with Gasteiger partial charge in [0.2, 0.25) is 0 Å². The number of aromatic nitrogens is 6. The van der Waals surface area contributed by atoms with Crippen LogP contribution in [0.5, 0.6) is 5.75 Å². The quantitative estimate of drug-likeness (QED) is 0.504. The normalized spacial score (nSPS) is 11.0. The largest absolute Gasteiger partial charge is 0.503 e. The summed E-state index contributed by atoms with van der Waals surface area (Å²) in [5, 5.41) is 30.8. The number of nitrogens with one attached hydrogen (secondary N) is 1. The van der Waals surface area contributed by atoms with Crippen LogP contribution in [0.3, 0.4) is 0 Å². The molecular weight excluding hydrogens is 406 g/mol. The van der Waals surface area contributed by atoms with Gasteiger partial charge >= 0.3 is 0 Å². The zero-order valence-electron chi connectivity index (χ0n) is 16.5. The van der Waals surface area contributed by atoms with Crippen molar-refractivity contribution in [2.45, 2.75) is 13.3 Å². The summed E-state index contributed by atoms with van der Waals surface area (Å²) in [4.78, 5) is 8.09. The minimum atomic E-state index is -2.72. The number of hydrogen-bond donors (Lipinski definition) is 2. The van der Waals surface area contributed by atoms with E-state index in [1.54, 1.807) is 38.2 Å². The minimum Gasteiger partial charge on any atom is -0.503 e. The number of alkyl halides is 2. The fourth-order valence-corrected chi connectivity index (χ4v) is 3.13. The van der Waals surface area contributed by atoms with Gasteiger partial charge in [-0.25, -0.2) is 23.4 Å². The molecule has 0 aliphatic rings. The van der Waals surface area contributed by atoms with Crippen molar-refractivity contribution in [2.24, 2.45) is 7.05 Å². The molecule has 4 rings (SSSR count). The Kier molecular flexibility index (Phi) is 5.04. The minimum absolute atomic E-state index is 0.122. The van der Waals surface area contributed by atoms with E-state index in [1.165, 1.54) is 23.1 Å². The Labute approximate surface area is 175 Å². The topological polar surface area (TPSA) is 117 Å². The molecule has 0 fully saturated rings. The standard InChI is InChI=1S/C20H16F2N8O/c1-11-7-14(19(21)22)30(27-11)16-8-15(24-10-25-16)26-20-18(31)17(29(2)28-20)13-5-3-12(9-23)4-6-13/h3-8,10,19,31H,1-2H3,(H,24,25,26,28). The van der Waals surface area contributed by atoms with Crippen LogP contribution in [0, 0.1) is 18.3 Å². The fourth-order valence-electron chi connectivity index (χ4n) is 3.13. The van der Waals surface area contributed by atoms with Gasteiger partial charge < -0.3 is 10.4 Å². The molecule has 0 spiro atoms. The first-order valence-electron chi connectivity index (χ1n) is 9.08. The summed E-state index contributed by atoms with van der Waals surface area (Å²) in [6.07, 6.45) is -1.52. The molecule has 11 heteroatoms. The third kappa shape index (κ3) is 3.78. The first-order chi connectivity index (χ1) is 14.9. The van der Waals surface area contributed by atoms with E-state index in [9.17, 15) is 13.9 Å². The van der Waals surface area contributed by atoms with Crippen LogP contribution in [0.4, 0.5) is 20.4 Å². The molecule has 4 aromatic rings. The predicted octanol–water partition coefficient (Wildman–Crippen LogP) is 3.63. The van der Waals surface area contributed by atoms with Crippen molar-refractivity contribution in [3.05, 3.63) is 59.7 Å². The molecular formula is C20H16F2N8O. The molecule has 0 radical (unpaired) electrons. The monoisotopic (exact) mass is 422 g/mol. The van der Waals surface area contributed by atoms with E-state index in [0.717, 1.165) is 4.68 Å². The summed E-state index contributed by atoms with van der Waals surface area (Å²) in [6.45, 7) is 1.61. The van der Waals surface area contributed by atoms with E-state index in [-0.39, 0.29) is 28.9 Å². The maximum Gasteiger partial charge on any atom is 0.280 e. The van der Waals surface area contributed by atoms with Crippen molar-refractivity contribution in [3.63, 3.8) is 0 Å². The Morgan fingerprint density at radius 1 is 1.13 bits per heavy atom. The highest BCUT2D eigenvalue weighted by Gasteiger charge is 2.20. The summed E-state index contributed by atoms with van der Waals surface area (Å²) in [5.74, 6) is 0.370. The highest BCUT2D eigenvalue weighted by molar-refractivity contribution is 5.75. The van der Waals surface area contributed by atoms with Gasteiger partial charge in [0.05, 0.1) is 17.3 Å². The maximum absolute atomic E-state index is 13.3. The Balaban J connectivity index is 1.67. The third-order valence-corrected chi connectivity index (χ3v) is 4.51. The Morgan fingerprint density at radius 3 is 2.55 bits per heavy atom. The average molecular weight is 422 g/mol. The van der Waals surface area contributed by atoms with E-state index < -0.39 is 6.43 Å². The second kappa shape index (κ2) is 7.83. The molecule has 3 aromatic heterocycles. The summed E-state index contributed by atoms with van der Waals surface area (Å²) < 4.78 is 29.1. The van der Waals surface area contributed by atoms with Gasteiger partial charge in [-0.15, -0.1) is 0 Å². The first kappa shape index (κ1) is 20.0. The van der Waals surface area contributed by atoms with Crippen LogP contribution in [0.15, 0.2) is 42.7 Å². The van der Waals surface area contributed by atoms with Crippen LogP contribution in [0.1, 0.15) is 23.4 Å². The van der Waals surface area contributed by atoms with Crippen LogP contribution < -0.4 is 5.32 Å². The number of anilines is 2. The lowest BCUT2D eigenvalue weighted by molar-refractivity contribution is 0.142. The number of aryl methyl sites for hydroxylation is 2. The molecule has 3 heterocycles. The van der Waals surface area contributed by atoms with Gasteiger partial charge in [0, 0.05) is 18.7 Å². The number of rotatable bonds is 5. The molecule has 0 unspecified atom stereocenters. The summed E-state index contributed by atoms with van der Waals surface area (Å²) >= 11 is 0. The number of nitrogens with zero attached hydrogens (tertiary/aromatic N) is 7. The van der Waals surface area contributed by atoms with Crippen LogP contribution in [0.2, 0.25) is 0 Å². The van der Waals surface area contributed by atoms with Crippen LogP contribution in [0.25, 0.3) is 17.1 Å². The van der Waals surface area contributed by atoms with Crippen molar-refractivity contribution in [2.75, 3.05) is 5.32 Å². The van der Waals surface area contributed by atoms with Gasteiger partial charge in [0.25, 0.3) is 6.43 Å². The zero-order chi connectivity index (χ0) is 22.1. The Hall–Kier alpha value is -4.33. The van der Waals surface area contributed by atoms with Crippen molar-refractivity contribution in [3.8, 4) is 28.9 Å². The van der Waals surface area contributed by atoms with Gasteiger partial charge in [-0.05, 0) is 25.1 Å². The fraction of sp³-hybridized carbons (Fsp3) is 0.150. The van der Waals surface area contributed by atoms with Crippen LogP contribution in [-0.2, 0) is 7.05 Å². The lowest BCUT2D eigenvalue weighted by atomic mass is 10.1. The van der Waals surface area contributed by atoms with Crippen LogP contribution >= 0.6 is 0 Å². The molecule has 0 aliphatic heterocycles. The predicted molar refractivity (Wildman–Crippen MR) is 107 cm³/mol. The molecule has 2 N–H and O–H groups in total. The molecule has 0 aliphatic carbocycles. The smallest absolute Gasteiger partial charge is 0.280 e. The first-order valence-corrected chi connectivity index (χ1v) is 9.08. The number of halogens is 2. The van der Waals surface area contributed by atoms with Crippen molar-refractivity contribution in [1.82, 2.24) is 29.5 Å². The Morgan fingerprint density at radius 2 is 1.87 bits per heavy atom. The summed E-state index contributed by atoms with van der Waals surface area (Å²) in [7, 11) is 1.66. The lowest BCUT2D eigenvalue weighted by Crippen LogP contribution is -2.06. The summed E-state index contributed by atoms with van der Waals surface area (Å²) in [6, 6.07) is 11.4. The molecule has 0 bridgehead atoms. The van der Waals surface area contributed by atoms with Gasteiger partial charge in [0.15, 0.2) is 17.4 Å². The van der Waals surface area contributed by atoms with Gasteiger partial charge in [-0.1, -0.05) is 12.1 Å². The Bertz CT molecular complexity index is 1290. The zero-order valence-corrected chi connectivity index (χ0v) is 16.5. The third-order valence-electron chi connectivity index (χ3n) is 4.51. The van der Waals surface area contributed by atoms with Gasteiger partial charge in [-0.3, -0.25) is 4.68 Å². The molecule has 31 heavy (non-hydrogen) atoms. The van der Waals surface area contributed by atoms with Crippen molar-refractivity contribution in [1.29, 1.82) is 5.26 Å². The molecule has 0 amide bonds. The molecule has 1 aromatic carbocycles. The molecule has 0 atom stereocenters. The number of nitriles is 1. The lowest BCUT2D eigenvalue weighted by Gasteiger charge is -2.08. The highest BCUT2D eigenvalue weighted by Crippen LogP contribution is 2.36. The van der Waals surface area contributed by atoms with E-state index in [1.807, 2.05) is 6.07 Å². The van der Waals surface area contributed by atoms with Crippen LogP contribution in [-0.4, -0.2) is 34.6 Å². The van der Waals surface area contributed by atoms with E-state index in [0.29, 0.717) is 22.5 Å². The van der Waals surface area contributed by atoms with E-state index in [2.05, 4.69) is 25.5 Å². The van der Waals surface area contributed by atoms with E-state index in [4.69, 9.17) is 5.26 Å². The number of aromatic hydroxyl groups is 1. The van der Waals surface area contributed by atoms with Gasteiger partial charge in [-0.2, -0.15) is 15.5 Å². The molecule has 156 valence electrons. The summed E-state index contributed by atoms with van der Waals surface area (Å²) in [5.41, 5.74) is 1.73. The number of benzene rings is 1. The highest BCUT2D eigenvalue weighted by atomic mass is 19.3. The van der Waals surface area contributed by atoms with Gasteiger partial charge in [0.1, 0.15) is 23.5 Å². The second-order valence-electron chi connectivity index (χ2n) is 6.67. The second-order valence-corrected chi connectivity index (χ2v) is 6.67. The van der Waals surface area contributed by atoms with Crippen molar-refractivity contribution < 1.29 is 13.9 Å². The average Bonchev–Trinajstić information content (AvgIpc) is 3.28.